The van der Waals surface area contributed by atoms with Gasteiger partial charge in [-0.1, -0.05) is 18.2 Å². The molecule has 2 unspecified atom stereocenters. The zero-order chi connectivity index (χ0) is 19.3. The number of benzene rings is 1. The predicted octanol–water partition coefficient (Wildman–Crippen LogP) is 1.34. The van der Waals surface area contributed by atoms with Gasteiger partial charge in [0.1, 0.15) is 0 Å². The Balaban J connectivity index is 1.23. The van der Waals surface area contributed by atoms with E-state index in [2.05, 4.69) is 25.4 Å². The van der Waals surface area contributed by atoms with Gasteiger partial charge in [0, 0.05) is 58.6 Å². The molecule has 3 heterocycles. The lowest BCUT2D eigenvalue weighted by Gasteiger charge is -2.37. The summed E-state index contributed by atoms with van der Waals surface area (Å²) in [5.41, 5.74) is 2.06. The second-order valence-corrected chi connectivity index (χ2v) is 7.91. The highest BCUT2D eigenvalue weighted by atomic mass is 16.5. The van der Waals surface area contributed by atoms with Crippen molar-refractivity contribution in [3.8, 4) is 0 Å². The van der Waals surface area contributed by atoms with Crippen molar-refractivity contribution in [1.29, 1.82) is 0 Å². The summed E-state index contributed by atoms with van der Waals surface area (Å²) >= 11 is 0. The van der Waals surface area contributed by atoms with Crippen LogP contribution in [-0.2, 0) is 9.53 Å². The van der Waals surface area contributed by atoms with E-state index in [9.17, 15) is 4.79 Å². The average molecular weight is 386 g/mol. The maximum absolute atomic E-state index is 12.3. The lowest BCUT2D eigenvalue weighted by Crippen LogP contribution is -2.53. The number of carbonyl (C=O) groups excluding carboxylic acids is 1. The zero-order valence-electron chi connectivity index (χ0n) is 16.7. The van der Waals surface area contributed by atoms with Crippen molar-refractivity contribution in [3.05, 3.63) is 29.8 Å². The van der Waals surface area contributed by atoms with E-state index in [-0.39, 0.29) is 11.8 Å². The number of anilines is 1. The molecular formula is C21H31N5O2. The van der Waals surface area contributed by atoms with Crippen molar-refractivity contribution in [1.82, 2.24) is 15.1 Å². The Morgan fingerprint density at radius 2 is 2.11 bits per heavy atom. The molecule has 0 bridgehead atoms. The highest BCUT2D eigenvalue weighted by molar-refractivity contribution is 6.02. The summed E-state index contributed by atoms with van der Waals surface area (Å²) in [7, 11) is 1.84. The van der Waals surface area contributed by atoms with Crippen LogP contribution in [0.2, 0.25) is 0 Å². The number of hydrogen-bond donors (Lipinski definition) is 2. The number of fused-ring (bicyclic) bond motifs is 1. The number of piperazine rings is 1. The number of hydrogen-bond acceptors (Lipinski definition) is 4. The Morgan fingerprint density at radius 1 is 1.29 bits per heavy atom. The van der Waals surface area contributed by atoms with E-state index in [0.29, 0.717) is 5.92 Å². The fraction of sp³-hybridized carbons (Fsp3) is 0.619. The number of aliphatic imine (C=N–C) groups is 1. The largest absolute Gasteiger partial charge is 0.381 e. The summed E-state index contributed by atoms with van der Waals surface area (Å²) in [6, 6.07) is 7.97. The number of nitrogens with zero attached hydrogens (tertiary/aromatic N) is 3. The van der Waals surface area contributed by atoms with Crippen molar-refractivity contribution >= 4 is 17.6 Å². The second kappa shape index (κ2) is 8.92. The highest BCUT2D eigenvalue weighted by Crippen LogP contribution is 2.33. The molecule has 7 heteroatoms. The van der Waals surface area contributed by atoms with Gasteiger partial charge in [-0.3, -0.25) is 14.7 Å². The number of carbonyl (C=O) groups is 1. The Kier molecular flexibility index (Phi) is 6.12. The first-order valence-corrected chi connectivity index (χ1v) is 10.4. The molecule has 7 nitrogen and oxygen atoms in total. The summed E-state index contributed by atoms with van der Waals surface area (Å²) in [4.78, 5) is 21.6. The number of nitrogens with one attached hydrogen (secondary N) is 2. The van der Waals surface area contributed by atoms with E-state index in [1.54, 1.807) is 0 Å². The molecule has 0 saturated carbocycles. The van der Waals surface area contributed by atoms with Gasteiger partial charge in [0.2, 0.25) is 5.91 Å². The second-order valence-electron chi connectivity index (χ2n) is 7.91. The molecule has 2 fully saturated rings. The van der Waals surface area contributed by atoms with Crippen LogP contribution < -0.4 is 10.6 Å². The molecule has 3 aliphatic heterocycles. The van der Waals surface area contributed by atoms with Crippen LogP contribution in [0.25, 0.3) is 0 Å². The van der Waals surface area contributed by atoms with Gasteiger partial charge in [0.25, 0.3) is 0 Å². The van der Waals surface area contributed by atoms with Gasteiger partial charge >= 0.3 is 0 Å². The third-order valence-electron chi connectivity index (χ3n) is 6.05. The average Bonchev–Trinajstić information content (AvgIpc) is 3.33. The molecule has 0 radical (unpaired) electrons. The Morgan fingerprint density at radius 3 is 2.86 bits per heavy atom. The molecule has 1 aromatic rings. The van der Waals surface area contributed by atoms with Crippen LogP contribution in [-0.4, -0.2) is 81.2 Å². The molecule has 2 atom stereocenters. The van der Waals surface area contributed by atoms with Crippen LogP contribution >= 0.6 is 0 Å². The molecule has 0 aromatic heterocycles. The quantitative estimate of drug-likeness (QED) is 0.591. The number of para-hydroxylation sites is 1. The lowest BCUT2D eigenvalue weighted by molar-refractivity contribution is -0.117. The van der Waals surface area contributed by atoms with E-state index in [0.717, 1.165) is 76.1 Å². The zero-order valence-corrected chi connectivity index (χ0v) is 16.7. The van der Waals surface area contributed by atoms with Gasteiger partial charge in [0.15, 0.2) is 5.96 Å². The van der Waals surface area contributed by atoms with Crippen LogP contribution in [0.3, 0.4) is 0 Å². The maximum atomic E-state index is 12.3. The van der Waals surface area contributed by atoms with Crippen molar-refractivity contribution in [2.45, 2.75) is 18.8 Å². The summed E-state index contributed by atoms with van der Waals surface area (Å²) in [6.07, 6.45) is 1.96. The van der Waals surface area contributed by atoms with E-state index in [1.807, 2.05) is 31.3 Å². The topological polar surface area (TPSA) is 69.2 Å². The SMILES string of the molecule is CN=C(NCCC1C(=O)Nc2ccccc21)N1CCN(CC2CCOC2)CC1. The molecule has 3 aliphatic rings. The van der Waals surface area contributed by atoms with E-state index in [1.165, 1.54) is 6.42 Å². The molecule has 152 valence electrons. The molecular weight excluding hydrogens is 354 g/mol. The Bertz CT molecular complexity index is 709. The number of rotatable bonds is 5. The minimum absolute atomic E-state index is 0.0766. The minimum atomic E-state index is -0.0766. The Hall–Kier alpha value is -2.12. The van der Waals surface area contributed by atoms with E-state index in [4.69, 9.17) is 4.74 Å². The standard InChI is InChI=1S/C21H31N5O2/c1-22-21(26-11-9-25(10-12-26)14-16-7-13-28-15-16)23-8-6-18-17-4-2-3-5-19(17)24-20(18)27/h2-5,16,18H,6-15H2,1H3,(H,22,23)(H,24,27). The van der Waals surface area contributed by atoms with Crippen LogP contribution in [0, 0.1) is 5.92 Å². The first-order chi connectivity index (χ1) is 13.7. The van der Waals surface area contributed by atoms with Gasteiger partial charge in [-0.2, -0.15) is 0 Å². The molecule has 0 spiro atoms. The molecule has 0 aliphatic carbocycles. The molecule has 1 aromatic carbocycles. The number of amides is 1. The minimum Gasteiger partial charge on any atom is -0.381 e. The summed E-state index contributed by atoms with van der Waals surface area (Å²) in [5, 5.41) is 6.44. The smallest absolute Gasteiger partial charge is 0.232 e. The predicted molar refractivity (Wildman–Crippen MR) is 111 cm³/mol. The molecule has 2 saturated heterocycles. The fourth-order valence-corrected chi connectivity index (χ4v) is 4.46. The van der Waals surface area contributed by atoms with E-state index >= 15 is 0 Å². The van der Waals surface area contributed by atoms with Crippen LogP contribution in [0.4, 0.5) is 5.69 Å². The van der Waals surface area contributed by atoms with Gasteiger partial charge < -0.3 is 20.3 Å². The highest BCUT2D eigenvalue weighted by Gasteiger charge is 2.30. The first-order valence-electron chi connectivity index (χ1n) is 10.4. The van der Waals surface area contributed by atoms with Crippen molar-refractivity contribution < 1.29 is 9.53 Å². The third-order valence-corrected chi connectivity index (χ3v) is 6.05. The van der Waals surface area contributed by atoms with Crippen LogP contribution in [0.15, 0.2) is 29.3 Å². The lowest BCUT2D eigenvalue weighted by atomic mass is 9.97. The third kappa shape index (κ3) is 4.31. The summed E-state index contributed by atoms with van der Waals surface area (Å²) in [5.74, 6) is 1.66. The van der Waals surface area contributed by atoms with Gasteiger partial charge in [0.05, 0.1) is 12.5 Å². The van der Waals surface area contributed by atoms with Crippen molar-refractivity contribution in [3.63, 3.8) is 0 Å². The fourth-order valence-electron chi connectivity index (χ4n) is 4.46. The maximum Gasteiger partial charge on any atom is 0.232 e. The monoisotopic (exact) mass is 385 g/mol. The Labute approximate surface area is 167 Å². The number of ether oxygens (including phenoxy) is 1. The van der Waals surface area contributed by atoms with Crippen molar-refractivity contribution in [2.24, 2.45) is 10.9 Å². The summed E-state index contributed by atoms with van der Waals surface area (Å²) < 4.78 is 5.50. The van der Waals surface area contributed by atoms with E-state index < -0.39 is 0 Å². The number of guanidine groups is 1. The summed E-state index contributed by atoms with van der Waals surface area (Å²) in [6.45, 7) is 7.83. The molecule has 2 N–H and O–H groups in total. The van der Waals surface area contributed by atoms with Gasteiger partial charge in [-0.05, 0) is 30.4 Å². The molecule has 28 heavy (non-hydrogen) atoms. The van der Waals surface area contributed by atoms with Crippen molar-refractivity contribution in [2.75, 3.05) is 64.8 Å². The van der Waals surface area contributed by atoms with Crippen LogP contribution in [0.1, 0.15) is 24.3 Å². The van der Waals surface area contributed by atoms with Gasteiger partial charge in [-0.15, -0.1) is 0 Å². The normalized spacial score (nSPS) is 25.7. The molecule has 4 rings (SSSR count). The first kappa shape index (κ1) is 19.2. The molecule has 1 amide bonds. The van der Waals surface area contributed by atoms with Gasteiger partial charge in [-0.25, -0.2) is 0 Å². The van der Waals surface area contributed by atoms with Crippen LogP contribution in [0.5, 0.6) is 0 Å².